The summed E-state index contributed by atoms with van der Waals surface area (Å²) in [5, 5.41) is 8.92. The van der Waals surface area contributed by atoms with Crippen LogP contribution in [-0.4, -0.2) is 33.5 Å². The highest BCUT2D eigenvalue weighted by atomic mass is 16.6. The quantitative estimate of drug-likeness (QED) is 0.550. The number of hydrogen-bond donors (Lipinski definition) is 1. The zero-order chi connectivity index (χ0) is 21.5. The number of aryl methyl sites for hydroxylation is 1. The number of carbonyl (C=O) groups is 1. The number of ether oxygens (including phenoxy) is 2. The third-order valence-corrected chi connectivity index (χ3v) is 5.65. The van der Waals surface area contributed by atoms with Gasteiger partial charge in [0.25, 0.3) is 5.56 Å². The number of nitrogens with one attached hydrogen (secondary N) is 1. The molecule has 3 heterocycles. The van der Waals surface area contributed by atoms with Gasteiger partial charge in [-0.15, -0.1) is 0 Å². The topological polar surface area (TPSA) is 87.4 Å². The minimum atomic E-state index is -0.296. The second-order valence-corrected chi connectivity index (χ2v) is 7.64. The van der Waals surface area contributed by atoms with Gasteiger partial charge in [-0.1, -0.05) is 24.3 Å². The van der Waals surface area contributed by atoms with E-state index in [9.17, 15) is 9.59 Å². The largest absolute Gasteiger partial charge is 0.486 e. The first-order valence-corrected chi connectivity index (χ1v) is 10.1. The lowest BCUT2D eigenvalue weighted by Crippen LogP contribution is -2.35. The van der Waals surface area contributed by atoms with Crippen LogP contribution in [-0.2, 0) is 18.4 Å². The predicted octanol–water partition coefficient (Wildman–Crippen LogP) is 2.54. The number of carbonyl (C=O) groups excluding carboxylic acids is 1. The van der Waals surface area contributed by atoms with Gasteiger partial charge < -0.3 is 19.4 Å². The summed E-state index contributed by atoms with van der Waals surface area (Å²) in [6, 6.07) is 13.1. The van der Waals surface area contributed by atoms with Crippen molar-refractivity contribution in [2.45, 2.75) is 19.5 Å². The molecule has 0 radical (unpaired) electrons. The zero-order valence-electron chi connectivity index (χ0n) is 17.3. The number of fused-ring (bicyclic) bond motifs is 4. The van der Waals surface area contributed by atoms with E-state index < -0.39 is 0 Å². The first kappa shape index (κ1) is 19.2. The van der Waals surface area contributed by atoms with Crippen molar-refractivity contribution in [2.75, 3.05) is 13.2 Å². The third kappa shape index (κ3) is 3.30. The van der Waals surface area contributed by atoms with Gasteiger partial charge in [0.15, 0.2) is 11.5 Å². The Balaban J connectivity index is 1.38. The summed E-state index contributed by atoms with van der Waals surface area (Å²) in [6.07, 6.45) is 1.65. The van der Waals surface area contributed by atoms with Gasteiger partial charge in [0.05, 0.1) is 12.2 Å². The first-order valence-electron chi connectivity index (χ1n) is 10.1. The van der Waals surface area contributed by atoms with Crippen molar-refractivity contribution in [3.63, 3.8) is 0 Å². The molecule has 0 fully saturated rings. The molecule has 0 saturated carbocycles. The average Bonchev–Trinajstić information content (AvgIpc) is 3.08. The molecule has 1 N–H and O–H groups in total. The lowest BCUT2D eigenvalue weighted by molar-refractivity contribution is -0.122. The molecule has 1 aliphatic heterocycles. The number of amides is 1. The van der Waals surface area contributed by atoms with Crippen LogP contribution >= 0.6 is 0 Å². The van der Waals surface area contributed by atoms with Crippen LogP contribution in [0.4, 0.5) is 0 Å². The fourth-order valence-corrected chi connectivity index (χ4v) is 4.06. The normalized spacial score (nSPS) is 14.0. The number of benzene rings is 2. The number of nitrogens with zero attached hydrogens (tertiary/aromatic N) is 3. The molecule has 1 aliphatic rings. The molecule has 158 valence electrons. The minimum absolute atomic E-state index is 0.162. The SMILES string of the molecule is C[C@H](NC(=O)Cn1ncc2c3ccccc3n(C)c2c1=O)c1ccc2c(c1)OCCO2. The Kier molecular flexibility index (Phi) is 4.62. The van der Waals surface area contributed by atoms with E-state index in [1.807, 2.05) is 61.0 Å². The lowest BCUT2D eigenvalue weighted by Gasteiger charge is -2.21. The molecule has 5 rings (SSSR count). The molecule has 1 amide bonds. The fourth-order valence-electron chi connectivity index (χ4n) is 4.06. The van der Waals surface area contributed by atoms with Crippen molar-refractivity contribution in [2.24, 2.45) is 7.05 Å². The Hall–Kier alpha value is -3.81. The van der Waals surface area contributed by atoms with Crippen molar-refractivity contribution < 1.29 is 14.3 Å². The molecule has 0 spiro atoms. The Bertz CT molecular complexity index is 1370. The van der Waals surface area contributed by atoms with E-state index in [0.717, 1.165) is 21.9 Å². The Morgan fingerprint density at radius 3 is 2.74 bits per heavy atom. The second kappa shape index (κ2) is 7.46. The molecule has 1 atom stereocenters. The van der Waals surface area contributed by atoms with E-state index in [1.54, 1.807) is 6.20 Å². The van der Waals surface area contributed by atoms with Crippen LogP contribution in [0.2, 0.25) is 0 Å². The van der Waals surface area contributed by atoms with Crippen molar-refractivity contribution >= 4 is 27.7 Å². The molecule has 2 aromatic carbocycles. The number of aromatic nitrogens is 3. The highest BCUT2D eigenvalue weighted by molar-refractivity contribution is 6.07. The molecule has 2 aromatic heterocycles. The summed E-state index contributed by atoms with van der Waals surface area (Å²) >= 11 is 0. The van der Waals surface area contributed by atoms with Crippen LogP contribution in [0.3, 0.4) is 0 Å². The van der Waals surface area contributed by atoms with Crippen LogP contribution in [0.25, 0.3) is 21.8 Å². The van der Waals surface area contributed by atoms with Crippen LogP contribution in [0.1, 0.15) is 18.5 Å². The smallest absolute Gasteiger partial charge is 0.291 e. The maximum absolute atomic E-state index is 13.0. The standard InChI is InChI=1S/C23H22N4O4/c1-14(15-7-8-19-20(11-15)31-10-9-30-19)25-21(28)13-27-23(29)22-17(12-24-27)16-5-3-4-6-18(16)26(22)2/h3-8,11-12,14H,9-10,13H2,1-2H3,(H,25,28)/t14-/m0/s1. The molecule has 0 saturated heterocycles. The first-order chi connectivity index (χ1) is 15.0. The molecule has 0 aliphatic carbocycles. The fraction of sp³-hybridized carbons (Fsp3) is 0.261. The van der Waals surface area contributed by atoms with Crippen LogP contribution in [0.15, 0.2) is 53.5 Å². The lowest BCUT2D eigenvalue weighted by atomic mass is 10.1. The van der Waals surface area contributed by atoms with E-state index in [0.29, 0.717) is 30.2 Å². The molecule has 4 aromatic rings. The third-order valence-electron chi connectivity index (χ3n) is 5.65. The predicted molar refractivity (Wildman–Crippen MR) is 116 cm³/mol. The summed E-state index contributed by atoms with van der Waals surface area (Å²) in [4.78, 5) is 25.7. The van der Waals surface area contributed by atoms with Crippen molar-refractivity contribution in [3.05, 3.63) is 64.6 Å². The summed E-state index contributed by atoms with van der Waals surface area (Å²) in [5.74, 6) is 1.08. The maximum atomic E-state index is 13.0. The zero-order valence-corrected chi connectivity index (χ0v) is 17.3. The summed E-state index contributed by atoms with van der Waals surface area (Å²) in [7, 11) is 1.85. The molecule has 31 heavy (non-hydrogen) atoms. The van der Waals surface area contributed by atoms with Crippen LogP contribution < -0.4 is 20.3 Å². The minimum Gasteiger partial charge on any atom is -0.486 e. The van der Waals surface area contributed by atoms with E-state index in [1.165, 1.54) is 4.68 Å². The van der Waals surface area contributed by atoms with Gasteiger partial charge >= 0.3 is 0 Å². The summed E-state index contributed by atoms with van der Waals surface area (Å²) < 4.78 is 14.2. The molecule has 8 heteroatoms. The van der Waals surface area contributed by atoms with E-state index in [2.05, 4.69) is 10.4 Å². The highest BCUT2D eigenvalue weighted by Crippen LogP contribution is 2.32. The van der Waals surface area contributed by atoms with Gasteiger partial charge in [-0.05, 0) is 30.7 Å². The average molecular weight is 418 g/mol. The molecule has 0 bridgehead atoms. The number of para-hydroxylation sites is 1. The van der Waals surface area contributed by atoms with Gasteiger partial charge in [-0.3, -0.25) is 9.59 Å². The molecule has 0 unspecified atom stereocenters. The van der Waals surface area contributed by atoms with Gasteiger partial charge in [0.2, 0.25) is 5.91 Å². The summed E-state index contributed by atoms with van der Waals surface area (Å²) in [5.41, 5.74) is 2.08. The van der Waals surface area contributed by atoms with Gasteiger partial charge in [0.1, 0.15) is 25.3 Å². The van der Waals surface area contributed by atoms with Gasteiger partial charge in [-0.25, -0.2) is 4.68 Å². The van der Waals surface area contributed by atoms with Gasteiger partial charge in [0, 0.05) is 23.3 Å². The van der Waals surface area contributed by atoms with E-state index in [-0.39, 0.29) is 24.1 Å². The maximum Gasteiger partial charge on any atom is 0.291 e. The molecular formula is C23H22N4O4. The number of rotatable bonds is 4. The van der Waals surface area contributed by atoms with E-state index >= 15 is 0 Å². The van der Waals surface area contributed by atoms with Crippen LogP contribution in [0.5, 0.6) is 11.5 Å². The Morgan fingerprint density at radius 1 is 1.13 bits per heavy atom. The Labute approximate surface area is 178 Å². The number of hydrogen-bond acceptors (Lipinski definition) is 5. The highest BCUT2D eigenvalue weighted by Gasteiger charge is 2.18. The molecule has 8 nitrogen and oxygen atoms in total. The van der Waals surface area contributed by atoms with Crippen LogP contribution in [0, 0.1) is 0 Å². The second-order valence-electron chi connectivity index (χ2n) is 7.64. The monoisotopic (exact) mass is 418 g/mol. The van der Waals surface area contributed by atoms with Crippen molar-refractivity contribution in [1.82, 2.24) is 19.7 Å². The van der Waals surface area contributed by atoms with E-state index in [4.69, 9.17) is 9.47 Å². The Morgan fingerprint density at radius 2 is 1.90 bits per heavy atom. The molecular weight excluding hydrogens is 396 g/mol. The summed E-state index contributed by atoms with van der Waals surface area (Å²) in [6.45, 7) is 2.75. The van der Waals surface area contributed by atoms with Gasteiger partial charge in [-0.2, -0.15) is 5.10 Å². The van der Waals surface area contributed by atoms with Crippen molar-refractivity contribution in [1.29, 1.82) is 0 Å². The van der Waals surface area contributed by atoms with Crippen molar-refractivity contribution in [3.8, 4) is 11.5 Å².